The van der Waals surface area contributed by atoms with Crippen molar-refractivity contribution < 1.29 is 4.39 Å². The molecule has 1 fully saturated rings. The molecule has 1 aliphatic carbocycles. The lowest BCUT2D eigenvalue weighted by Gasteiger charge is -2.24. The van der Waals surface area contributed by atoms with E-state index in [0.717, 1.165) is 12.1 Å². The van der Waals surface area contributed by atoms with Crippen molar-refractivity contribution in [2.24, 2.45) is 11.7 Å². The molecule has 0 spiro atoms. The second-order valence-electron chi connectivity index (χ2n) is 4.98. The maximum Gasteiger partial charge on any atom is 0.123 e. The molecule has 0 amide bonds. The fourth-order valence-electron chi connectivity index (χ4n) is 2.73. The van der Waals surface area contributed by atoms with E-state index in [1.54, 1.807) is 12.1 Å². The Labute approximate surface area is 102 Å². The summed E-state index contributed by atoms with van der Waals surface area (Å²) >= 11 is 0. The summed E-state index contributed by atoms with van der Waals surface area (Å²) < 4.78 is 13.1. The lowest BCUT2D eigenvalue weighted by molar-refractivity contribution is 0.373. The number of halogens is 1. The molecule has 0 aliphatic heterocycles. The Kier molecular flexibility index (Phi) is 4.13. The van der Waals surface area contributed by atoms with Gasteiger partial charge in [0.25, 0.3) is 0 Å². The van der Waals surface area contributed by atoms with Gasteiger partial charge >= 0.3 is 0 Å². The van der Waals surface area contributed by atoms with Crippen LogP contribution in [0.15, 0.2) is 24.3 Å². The monoisotopic (exact) mass is 236 g/mol. The van der Waals surface area contributed by atoms with Crippen LogP contribution in [-0.4, -0.2) is 12.6 Å². The molecule has 3 unspecified atom stereocenters. The van der Waals surface area contributed by atoms with E-state index >= 15 is 0 Å². The van der Waals surface area contributed by atoms with Crippen LogP contribution in [0.1, 0.15) is 37.8 Å². The Balaban J connectivity index is 1.99. The van der Waals surface area contributed by atoms with Crippen molar-refractivity contribution in [3.05, 3.63) is 35.6 Å². The Morgan fingerprint density at radius 1 is 1.47 bits per heavy atom. The molecule has 3 atom stereocenters. The second-order valence-corrected chi connectivity index (χ2v) is 4.98. The first-order valence-electron chi connectivity index (χ1n) is 6.42. The van der Waals surface area contributed by atoms with E-state index in [4.69, 9.17) is 5.73 Å². The maximum absolute atomic E-state index is 13.1. The van der Waals surface area contributed by atoms with E-state index in [-0.39, 0.29) is 11.9 Å². The quantitative estimate of drug-likeness (QED) is 0.843. The molecular formula is C14H21FN2. The van der Waals surface area contributed by atoms with E-state index in [2.05, 4.69) is 12.2 Å². The Morgan fingerprint density at radius 2 is 2.29 bits per heavy atom. The first kappa shape index (κ1) is 12.5. The molecule has 1 aromatic rings. The van der Waals surface area contributed by atoms with Gasteiger partial charge in [-0.15, -0.1) is 0 Å². The number of nitrogens with one attached hydrogen (secondary N) is 1. The summed E-state index contributed by atoms with van der Waals surface area (Å²) in [7, 11) is 0. The van der Waals surface area contributed by atoms with E-state index in [1.807, 2.05) is 6.07 Å². The van der Waals surface area contributed by atoms with Crippen LogP contribution in [0.3, 0.4) is 0 Å². The molecule has 2 rings (SSSR count). The molecule has 1 saturated carbocycles. The smallest absolute Gasteiger partial charge is 0.123 e. The van der Waals surface area contributed by atoms with Gasteiger partial charge in [0.05, 0.1) is 0 Å². The number of benzene rings is 1. The van der Waals surface area contributed by atoms with Crippen molar-refractivity contribution in [1.29, 1.82) is 0 Å². The molecule has 1 aromatic carbocycles. The standard InChI is InChI=1S/C14H21FN2/c1-10(11-4-2-6-13(15)8-11)17-14-7-3-5-12(14)9-16/h2,4,6,8,10,12,14,17H,3,5,7,9,16H2,1H3. The molecule has 0 saturated heterocycles. The van der Waals surface area contributed by atoms with Crippen LogP contribution in [0.2, 0.25) is 0 Å². The highest BCUT2D eigenvalue weighted by molar-refractivity contribution is 5.19. The van der Waals surface area contributed by atoms with Crippen LogP contribution < -0.4 is 11.1 Å². The summed E-state index contributed by atoms with van der Waals surface area (Å²) in [5.41, 5.74) is 6.77. The summed E-state index contributed by atoms with van der Waals surface area (Å²) in [5.74, 6) is 0.406. The van der Waals surface area contributed by atoms with Crippen molar-refractivity contribution in [1.82, 2.24) is 5.32 Å². The van der Waals surface area contributed by atoms with E-state index in [1.165, 1.54) is 25.3 Å². The second kappa shape index (κ2) is 5.61. The fraction of sp³-hybridized carbons (Fsp3) is 0.571. The summed E-state index contributed by atoms with van der Waals surface area (Å²) in [4.78, 5) is 0. The summed E-state index contributed by atoms with van der Waals surface area (Å²) in [6.07, 6.45) is 3.64. The third-order valence-corrected chi connectivity index (χ3v) is 3.77. The number of hydrogen-bond donors (Lipinski definition) is 2. The highest BCUT2D eigenvalue weighted by Gasteiger charge is 2.27. The van der Waals surface area contributed by atoms with Crippen LogP contribution in [0.4, 0.5) is 4.39 Å². The topological polar surface area (TPSA) is 38.0 Å². The molecular weight excluding hydrogens is 215 g/mol. The SMILES string of the molecule is CC(NC1CCCC1CN)c1cccc(F)c1. The summed E-state index contributed by atoms with van der Waals surface area (Å²) in [5, 5.41) is 3.58. The largest absolute Gasteiger partial charge is 0.330 e. The van der Waals surface area contributed by atoms with Gasteiger partial charge in [0, 0.05) is 12.1 Å². The van der Waals surface area contributed by atoms with Crippen molar-refractivity contribution in [2.75, 3.05) is 6.54 Å². The molecule has 94 valence electrons. The zero-order valence-corrected chi connectivity index (χ0v) is 10.3. The highest BCUT2D eigenvalue weighted by atomic mass is 19.1. The minimum absolute atomic E-state index is 0.169. The summed E-state index contributed by atoms with van der Waals surface area (Å²) in [6, 6.07) is 7.48. The first-order valence-corrected chi connectivity index (χ1v) is 6.42. The van der Waals surface area contributed by atoms with E-state index < -0.39 is 0 Å². The minimum atomic E-state index is -0.169. The Bertz CT molecular complexity index is 367. The normalized spacial score (nSPS) is 26.1. The van der Waals surface area contributed by atoms with Crippen LogP contribution in [0.25, 0.3) is 0 Å². The van der Waals surface area contributed by atoms with Gasteiger partial charge in [0.1, 0.15) is 5.82 Å². The fourth-order valence-corrected chi connectivity index (χ4v) is 2.73. The van der Waals surface area contributed by atoms with Crippen LogP contribution in [-0.2, 0) is 0 Å². The molecule has 3 heteroatoms. The van der Waals surface area contributed by atoms with Gasteiger partial charge in [0.2, 0.25) is 0 Å². The van der Waals surface area contributed by atoms with Crippen LogP contribution in [0, 0.1) is 11.7 Å². The zero-order chi connectivity index (χ0) is 12.3. The highest BCUT2D eigenvalue weighted by Crippen LogP contribution is 2.27. The van der Waals surface area contributed by atoms with Crippen LogP contribution in [0.5, 0.6) is 0 Å². The molecule has 17 heavy (non-hydrogen) atoms. The molecule has 3 N–H and O–H groups in total. The van der Waals surface area contributed by atoms with Gasteiger partial charge in [-0.3, -0.25) is 0 Å². The molecule has 0 bridgehead atoms. The van der Waals surface area contributed by atoms with Gasteiger partial charge in [-0.1, -0.05) is 18.6 Å². The van der Waals surface area contributed by atoms with Crippen molar-refractivity contribution in [3.63, 3.8) is 0 Å². The summed E-state index contributed by atoms with van der Waals surface area (Å²) in [6.45, 7) is 2.83. The van der Waals surface area contributed by atoms with Gasteiger partial charge in [-0.25, -0.2) is 4.39 Å². The Hall–Kier alpha value is -0.930. The van der Waals surface area contributed by atoms with Gasteiger partial charge in [-0.05, 0) is 49.9 Å². The lowest BCUT2D eigenvalue weighted by atomic mass is 10.0. The van der Waals surface area contributed by atoms with Gasteiger partial charge in [-0.2, -0.15) is 0 Å². The zero-order valence-electron chi connectivity index (χ0n) is 10.3. The van der Waals surface area contributed by atoms with Gasteiger partial charge in [0.15, 0.2) is 0 Å². The number of hydrogen-bond acceptors (Lipinski definition) is 2. The first-order chi connectivity index (χ1) is 8.20. The third-order valence-electron chi connectivity index (χ3n) is 3.77. The van der Waals surface area contributed by atoms with Crippen molar-refractivity contribution in [2.45, 2.75) is 38.3 Å². The molecule has 0 radical (unpaired) electrons. The average molecular weight is 236 g/mol. The average Bonchev–Trinajstić information content (AvgIpc) is 2.76. The van der Waals surface area contributed by atoms with Crippen molar-refractivity contribution >= 4 is 0 Å². The lowest BCUT2D eigenvalue weighted by Crippen LogP contribution is -2.37. The predicted molar refractivity (Wildman–Crippen MR) is 68.1 cm³/mol. The molecule has 2 nitrogen and oxygen atoms in total. The number of rotatable bonds is 4. The molecule has 0 heterocycles. The minimum Gasteiger partial charge on any atom is -0.330 e. The van der Waals surface area contributed by atoms with E-state index in [0.29, 0.717) is 12.0 Å². The van der Waals surface area contributed by atoms with Crippen LogP contribution >= 0.6 is 0 Å². The molecule has 1 aliphatic rings. The van der Waals surface area contributed by atoms with E-state index in [9.17, 15) is 4.39 Å². The molecule has 0 aromatic heterocycles. The number of nitrogens with two attached hydrogens (primary N) is 1. The Morgan fingerprint density at radius 3 is 3.00 bits per heavy atom. The third kappa shape index (κ3) is 3.05. The maximum atomic E-state index is 13.1. The van der Waals surface area contributed by atoms with Crippen molar-refractivity contribution in [3.8, 4) is 0 Å². The van der Waals surface area contributed by atoms with Gasteiger partial charge < -0.3 is 11.1 Å². The predicted octanol–water partition coefficient (Wildman–Crippen LogP) is 2.60.